The number of nitro benzene ring substituents is 1. The second-order valence-electron chi connectivity index (χ2n) is 6.07. The smallest absolute Gasteiger partial charge is 0.399 e. The molecule has 0 aliphatic heterocycles. The molecule has 2 aromatic rings. The molecule has 150 valence electrons. The van der Waals surface area contributed by atoms with Gasteiger partial charge in [0.05, 0.1) is 4.92 Å². The molecule has 0 radical (unpaired) electrons. The maximum absolute atomic E-state index is 13.0. The van der Waals surface area contributed by atoms with Crippen LogP contribution in [0.5, 0.6) is 0 Å². The number of carbonyl (C=O) groups is 1. The summed E-state index contributed by atoms with van der Waals surface area (Å²) in [5.41, 5.74) is 1.27. The molecule has 28 heavy (non-hydrogen) atoms. The van der Waals surface area contributed by atoms with Crippen molar-refractivity contribution in [1.29, 1.82) is 0 Å². The third-order valence-corrected chi connectivity index (χ3v) is 4.96. The summed E-state index contributed by atoms with van der Waals surface area (Å²) in [6.45, 7) is 1.21. The number of aliphatic hydroxyl groups is 1. The number of halogens is 3. The number of alkyl halides is 3. The number of amides is 1. The van der Waals surface area contributed by atoms with E-state index in [1.807, 2.05) is 0 Å². The van der Waals surface area contributed by atoms with Crippen LogP contribution in [0, 0.1) is 10.1 Å². The summed E-state index contributed by atoms with van der Waals surface area (Å²) in [5.74, 6) is -1.03. The van der Waals surface area contributed by atoms with E-state index in [4.69, 9.17) is 5.73 Å². The van der Waals surface area contributed by atoms with E-state index in [-0.39, 0.29) is 11.4 Å². The normalized spacial score (nSPS) is 13.6. The molecule has 0 bridgehead atoms. The molecule has 0 aromatic heterocycles. The molecular formula is C17H16F3N3O4S. The average molecular weight is 415 g/mol. The van der Waals surface area contributed by atoms with Crippen molar-refractivity contribution in [3.63, 3.8) is 0 Å². The van der Waals surface area contributed by atoms with Gasteiger partial charge < -0.3 is 16.2 Å². The largest absolute Gasteiger partial charge is 0.423 e. The molecule has 4 N–H and O–H groups in total. The lowest BCUT2D eigenvalue weighted by Gasteiger charge is -2.22. The number of nitrogens with zero attached hydrogens (tertiary/aromatic N) is 1. The van der Waals surface area contributed by atoms with Gasteiger partial charge in [0.25, 0.3) is 11.6 Å². The molecular weight excluding hydrogens is 399 g/mol. The first kappa shape index (κ1) is 21.5. The molecule has 2 aromatic carbocycles. The summed E-state index contributed by atoms with van der Waals surface area (Å²) in [7, 11) is 0. The van der Waals surface area contributed by atoms with Gasteiger partial charge in [-0.3, -0.25) is 14.9 Å². The Morgan fingerprint density at radius 2 is 1.86 bits per heavy atom. The molecule has 1 atom stereocenters. The van der Waals surface area contributed by atoms with Crippen LogP contribution in [0.15, 0.2) is 47.4 Å². The summed E-state index contributed by atoms with van der Waals surface area (Å²) in [5, 5.41) is 23.3. The van der Waals surface area contributed by atoms with E-state index in [9.17, 15) is 33.2 Å². The maximum Gasteiger partial charge on any atom is 0.423 e. The minimum Gasteiger partial charge on any atom is -0.399 e. The van der Waals surface area contributed by atoms with Crippen molar-refractivity contribution in [2.24, 2.45) is 0 Å². The molecule has 0 saturated heterocycles. The fraction of sp³-hybridized carbons (Fsp3) is 0.235. The third kappa shape index (κ3) is 5.36. The van der Waals surface area contributed by atoms with E-state index in [0.29, 0.717) is 17.8 Å². The van der Waals surface area contributed by atoms with Gasteiger partial charge in [0.15, 0.2) is 0 Å². The van der Waals surface area contributed by atoms with Gasteiger partial charge in [0.1, 0.15) is 11.2 Å². The summed E-state index contributed by atoms with van der Waals surface area (Å²) in [6, 6.07) is 8.75. The van der Waals surface area contributed by atoms with E-state index in [0.717, 1.165) is 22.7 Å². The van der Waals surface area contributed by atoms with Crippen LogP contribution in [-0.2, 0) is 11.0 Å². The molecule has 11 heteroatoms. The van der Waals surface area contributed by atoms with Crippen molar-refractivity contribution < 1.29 is 28.0 Å². The molecule has 7 nitrogen and oxygen atoms in total. The molecule has 0 heterocycles. The lowest BCUT2D eigenvalue weighted by atomic mass is 10.1. The van der Waals surface area contributed by atoms with Crippen LogP contribution in [0.2, 0.25) is 0 Å². The predicted molar refractivity (Wildman–Crippen MR) is 98.9 cm³/mol. The number of nitrogens with two attached hydrogens (primary N) is 1. The Morgan fingerprint density at radius 1 is 1.25 bits per heavy atom. The number of rotatable bonds is 6. The molecule has 0 aliphatic carbocycles. The molecule has 1 amide bonds. The lowest BCUT2D eigenvalue weighted by molar-refractivity contribution is -0.388. The zero-order chi connectivity index (χ0) is 21.1. The fourth-order valence-electron chi connectivity index (χ4n) is 2.12. The van der Waals surface area contributed by atoms with Gasteiger partial charge in [-0.15, -0.1) is 11.8 Å². The van der Waals surface area contributed by atoms with Crippen molar-refractivity contribution in [2.75, 3.05) is 16.8 Å². The van der Waals surface area contributed by atoms with E-state index < -0.39 is 33.9 Å². The highest BCUT2D eigenvalue weighted by Gasteiger charge is 2.39. The maximum atomic E-state index is 13.0. The Hall–Kier alpha value is -2.79. The van der Waals surface area contributed by atoms with Crippen LogP contribution in [0.3, 0.4) is 0 Å². The second kappa shape index (κ2) is 8.07. The number of nitrogens with one attached hydrogen (secondary N) is 1. The fourth-order valence-corrected chi connectivity index (χ4v) is 3.03. The van der Waals surface area contributed by atoms with Gasteiger partial charge in [-0.2, -0.15) is 13.2 Å². The van der Waals surface area contributed by atoms with Gasteiger partial charge in [-0.1, -0.05) is 0 Å². The molecule has 0 aliphatic rings. The Morgan fingerprint density at radius 3 is 2.39 bits per heavy atom. The first-order valence-corrected chi connectivity index (χ1v) is 8.76. The first-order chi connectivity index (χ1) is 12.9. The highest BCUT2D eigenvalue weighted by molar-refractivity contribution is 7.99. The minimum atomic E-state index is -4.98. The van der Waals surface area contributed by atoms with E-state index >= 15 is 0 Å². The number of hydrogen-bond acceptors (Lipinski definition) is 6. The average Bonchev–Trinajstić information content (AvgIpc) is 2.60. The summed E-state index contributed by atoms with van der Waals surface area (Å²) in [4.78, 5) is 22.6. The van der Waals surface area contributed by atoms with E-state index in [2.05, 4.69) is 5.32 Å². The standard InChI is InChI=1S/C17H16F3N3O4S/c1-16(25,9-28-12-5-2-10(21)3-6-12)15(24)22-11-4-7-14(23(26)27)13(8-11)17(18,19)20/h2-8,25H,9,21H2,1H3,(H,22,24)/t16-/m1/s1. The number of thioether (sulfide) groups is 1. The van der Waals surface area contributed by atoms with Crippen molar-refractivity contribution >= 4 is 34.7 Å². The number of nitro groups is 1. The number of carbonyl (C=O) groups excluding carboxylic acids is 1. The number of nitrogen functional groups attached to an aromatic ring is 1. The zero-order valence-corrected chi connectivity index (χ0v) is 15.3. The van der Waals surface area contributed by atoms with Crippen molar-refractivity contribution in [1.82, 2.24) is 0 Å². The van der Waals surface area contributed by atoms with Gasteiger partial charge in [-0.25, -0.2) is 0 Å². The van der Waals surface area contributed by atoms with Crippen LogP contribution in [0.1, 0.15) is 12.5 Å². The topological polar surface area (TPSA) is 118 Å². The van der Waals surface area contributed by atoms with E-state index in [1.54, 1.807) is 24.3 Å². The van der Waals surface area contributed by atoms with Crippen molar-refractivity contribution in [3.05, 3.63) is 58.1 Å². The van der Waals surface area contributed by atoms with Gasteiger partial charge in [0.2, 0.25) is 0 Å². The zero-order valence-electron chi connectivity index (χ0n) is 14.5. The number of benzene rings is 2. The van der Waals surface area contributed by atoms with Crippen LogP contribution in [-0.4, -0.2) is 27.3 Å². The number of hydrogen-bond donors (Lipinski definition) is 3. The first-order valence-electron chi connectivity index (χ1n) is 7.78. The Labute approximate surface area is 161 Å². The highest BCUT2D eigenvalue weighted by atomic mass is 32.2. The monoisotopic (exact) mass is 415 g/mol. The van der Waals surface area contributed by atoms with Gasteiger partial charge in [0, 0.05) is 28.1 Å². The van der Waals surface area contributed by atoms with Crippen LogP contribution in [0.25, 0.3) is 0 Å². The molecule has 2 rings (SSSR count). The highest BCUT2D eigenvalue weighted by Crippen LogP contribution is 2.37. The van der Waals surface area contributed by atoms with Crippen LogP contribution >= 0.6 is 11.8 Å². The van der Waals surface area contributed by atoms with Gasteiger partial charge in [-0.05, 0) is 43.3 Å². The van der Waals surface area contributed by atoms with Crippen LogP contribution in [0.4, 0.5) is 30.2 Å². The quantitative estimate of drug-likeness (QED) is 0.287. The summed E-state index contributed by atoms with van der Waals surface area (Å²) in [6.07, 6.45) is -4.98. The molecule has 0 saturated carbocycles. The van der Waals surface area contributed by atoms with Crippen molar-refractivity contribution in [2.45, 2.75) is 23.6 Å². The summed E-state index contributed by atoms with van der Waals surface area (Å²) < 4.78 is 39.1. The second-order valence-corrected chi connectivity index (χ2v) is 7.12. The number of anilines is 2. The van der Waals surface area contributed by atoms with Crippen LogP contribution < -0.4 is 11.1 Å². The molecule has 0 fully saturated rings. The SMILES string of the molecule is C[C@@](O)(CSc1ccc(N)cc1)C(=O)Nc1ccc([N+](=O)[O-])c(C(F)(F)F)c1. The van der Waals surface area contributed by atoms with E-state index in [1.165, 1.54) is 6.92 Å². The Bertz CT molecular complexity index is 886. The molecule has 0 unspecified atom stereocenters. The third-order valence-electron chi connectivity index (χ3n) is 3.65. The summed E-state index contributed by atoms with van der Waals surface area (Å²) >= 11 is 1.15. The van der Waals surface area contributed by atoms with Gasteiger partial charge >= 0.3 is 6.18 Å². The Balaban J connectivity index is 2.14. The van der Waals surface area contributed by atoms with Crippen molar-refractivity contribution in [3.8, 4) is 0 Å². The molecule has 0 spiro atoms. The Kier molecular flexibility index (Phi) is 6.20. The lowest BCUT2D eigenvalue weighted by Crippen LogP contribution is -2.42. The minimum absolute atomic E-state index is 0.0815. The predicted octanol–water partition coefficient (Wildman–Crippen LogP) is 3.68.